The van der Waals surface area contributed by atoms with Crippen molar-refractivity contribution in [3.8, 4) is 5.75 Å². The van der Waals surface area contributed by atoms with Crippen LogP contribution in [0, 0.1) is 12.3 Å². The Morgan fingerprint density at radius 2 is 1.90 bits per heavy atom. The molecule has 0 bridgehead atoms. The van der Waals surface area contributed by atoms with E-state index in [0.717, 1.165) is 11.5 Å². The quantitative estimate of drug-likeness (QED) is 0.858. The van der Waals surface area contributed by atoms with Crippen LogP contribution in [0.4, 0.5) is 5.69 Å². The van der Waals surface area contributed by atoms with Crippen LogP contribution in [0.25, 0.3) is 0 Å². The maximum atomic E-state index is 11.8. The van der Waals surface area contributed by atoms with Crippen LogP contribution in [0.1, 0.15) is 45.3 Å². The molecule has 0 radical (unpaired) electrons. The van der Waals surface area contributed by atoms with Gasteiger partial charge in [-0.15, -0.1) is 0 Å². The first-order chi connectivity index (χ1) is 9.75. The fourth-order valence-electron chi connectivity index (χ4n) is 2.25. The first-order valence-electron chi connectivity index (χ1n) is 7.04. The van der Waals surface area contributed by atoms with Gasteiger partial charge in [-0.05, 0) is 31.4 Å². The Hall–Kier alpha value is -2.04. The number of anilines is 1. The lowest BCUT2D eigenvalue weighted by Crippen LogP contribution is -2.38. The smallest absolute Gasteiger partial charge is 0.272 e. The van der Waals surface area contributed by atoms with E-state index < -0.39 is 10.9 Å². The number of nitrogens with one attached hydrogen (secondary N) is 1. The first kappa shape index (κ1) is 15.4. The van der Waals surface area contributed by atoms with E-state index in [4.69, 9.17) is 9.15 Å². The van der Waals surface area contributed by atoms with E-state index in [0.29, 0.717) is 6.61 Å². The van der Waals surface area contributed by atoms with E-state index >= 15 is 0 Å². The highest BCUT2D eigenvalue weighted by Gasteiger charge is 2.33. The lowest BCUT2D eigenvalue weighted by atomic mass is 9.85. The summed E-state index contributed by atoms with van der Waals surface area (Å²) in [5.41, 5.74) is -1.05. The molecule has 2 aromatic rings. The summed E-state index contributed by atoms with van der Waals surface area (Å²) in [5, 5.41) is 3.13. The molecule has 0 saturated carbocycles. The largest absolute Gasteiger partial charge is 0.488 e. The Bertz CT molecular complexity index is 699. The van der Waals surface area contributed by atoms with Crippen LogP contribution in [-0.4, -0.2) is 6.61 Å². The lowest BCUT2D eigenvalue weighted by Gasteiger charge is -2.31. The van der Waals surface area contributed by atoms with Gasteiger partial charge in [0.25, 0.3) is 10.9 Å². The van der Waals surface area contributed by atoms with Crippen molar-refractivity contribution in [3.63, 3.8) is 0 Å². The zero-order valence-corrected chi connectivity index (χ0v) is 13.1. The minimum atomic E-state index is -0.567. The molecule has 5 nitrogen and oxygen atoms in total. The van der Waals surface area contributed by atoms with E-state index in [2.05, 4.69) is 5.32 Å². The van der Waals surface area contributed by atoms with Crippen LogP contribution in [-0.2, 0) is 0 Å². The van der Waals surface area contributed by atoms with Gasteiger partial charge in [0, 0.05) is 0 Å². The van der Waals surface area contributed by atoms with Gasteiger partial charge in [0.05, 0.1) is 12.6 Å². The van der Waals surface area contributed by atoms with Crippen molar-refractivity contribution in [2.45, 2.75) is 40.7 Å². The normalized spacial score (nSPS) is 13.4. The van der Waals surface area contributed by atoms with Crippen molar-refractivity contribution in [3.05, 3.63) is 44.1 Å². The molecule has 0 unspecified atom stereocenters. The molecule has 0 fully saturated rings. The Kier molecular flexibility index (Phi) is 3.94. The standard InChI is InChI=1S/C16H21NO4/c1-6-20-14-11(12(18)13(14)19)17-15(16(3,4)5)10-8-7-9(2)21-10/h7-8,15,17H,6H2,1-5H3/t15-/m0/s1. The molecule has 21 heavy (non-hydrogen) atoms. The second-order valence-corrected chi connectivity index (χ2v) is 6.19. The number of rotatable bonds is 5. The highest BCUT2D eigenvalue weighted by Crippen LogP contribution is 2.37. The van der Waals surface area contributed by atoms with Crippen molar-refractivity contribution in [1.29, 1.82) is 0 Å². The van der Waals surface area contributed by atoms with Gasteiger partial charge in [0.1, 0.15) is 17.2 Å². The Labute approximate surface area is 123 Å². The fourth-order valence-corrected chi connectivity index (χ4v) is 2.25. The van der Waals surface area contributed by atoms with Gasteiger partial charge < -0.3 is 14.5 Å². The van der Waals surface area contributed by atoms with E-state index in [1.165, 1.54) is 0 Å². The minimum absolute atomic E-state index is 0.125. The van der Waals surface area contributed by atoms with Crippen molar-refractivity contribution in [2.24, 2.45) is 5.41 Å². The van der Waals surface area contributed by atoms with E-state index in [-0.39, 0.29) is 22.9 Å². The van der Waals surface area contributed by atoms with E-state index in [9.17, 15) is 9.59 Å². The molecule has 114 valence electrons. The third-order valence-electron chi connectivity index (χ3n) is 3.36. The molecular weight excluding hydrogens is 270 g/mol. The summed E-state index contributed by atoms with van der Waals surface area (Å²) in [7, 11) is 0. The summed E-state index contributed by atoms with van der Waals surface area (Å²) >= 11 is 0. The molecule has 1 atom stereocenters. The molecule has 2 rings (SSSR count). The molecule has 0 aliphatic rings. The van der Waals surface area contributed by atoms with Crippen LogP contribution in [0.2, 0.25) is 0 Å². The number of hydrogen-bond donors (Lipinski definition) is 1. The summed E-state index contributed by atoms with van der Waals surface area (Å²) < 4.78 is 10.9. The van der Waals surface area contributed by atoms with Crippen LogP contribution >= 0.6 is 0 Å². The van der Waals surface area contributed by atoms with Crippen molar-refractivity contribution in [1.82, 2.24) is 0 Å². The molecule has 0 amide bonds. The minimum Gasteiger partial charge on any atom is -0.488 e. The molecule has 1 heterocycles. The molecule has 0 spiro atoms. The Morgan fingerprint density at radius 3 is 2.38 bits per heavy atom. The van der Waals surface area contributed by atoms with Gasteiger partial charge in [-0.1, -0.05) is 20.8 Å². The van der Waals surface area contributed by atoms with Crippen LogP contribution in [0.3, 0.4) is 0 Å². The zero-order chi connectivity index (χ0) is 15.8. The van der Waals surface area contributed by atoms with E-state index in [1.54, 1.807) is 6.92 Å². The Balaban J connectivity index is 2.35. The maximum Gasteiger partial charge on any atom is 0.272 e. The predicted octanol–water partition coefficient (Wildman–Crippen LogP) is 2.78. The van der Waals surface area contributed by atoms with Gasteiger partial charge in [-0.25, -0.2) is 0 Å². The topological polar surface area (TPSA) is 68.5 Å². The molecule has 1 aromatic heterocycles. The molecule has 1 aromatic carbocycles. The second kappa shape index (κ2) is 5.39. The SMILES string of the molecule is CCOc1c(N[C@@H](c2ccc(C)o2)C(C)(C)C)c(=O)c1=O. The van der Waals surface area contributed by atoms with Crippen molar-refractivity contribution < 1.29 is 9.15 Å². The van der Waals surface area contributed by atoms with Gasteiger partial charge in [-0.3, -0.25) is 9.59 Å². The Morgan fingerprint density at radius 1 is 1.24 bits per heavy atom. The van der Waals surface area contributed by atoms with Gasteiger partial charge in [0.15, 0.2) is 5.75 Å². The fraction of sp³-hybridized carbons (Fsp3) is 0.500. The predicted molar refractivity (Wildman–Crippen MR) is 81.8 cm³/mol. The molecule has 1 N–H and O–H groups in total. The summed E-state index contributed by atoms with van der Waals surface area (Å²) in [6.07, 6.45) is 0. The molecular formula is C16H21NO4. The average Bonchev–Trinajstić information content (AvgIpc) is 2.82. The lowest BCUT2D eigenvalue weighted by molar-refractivity contribution is 0.296. The molecule has 0 saturated heterocycles. The average molecular weight is 291 g/mol. The number of aryl methyl sites for hydroxylation is 1. The molecule has 0 aliphatic carbocycles. The van der Waals surface area contributed by atoms with Crippen molar-refractivity contribution >= 4 is 5.69 Å². The summed E-state index contributed by atoms with van der Waals surface area (Å²) in [6.45, 7) is 10.1. The first-order valence-corrected chi connectivity index (χ1v) is 7.04. The van der Waals surface area contributed by atoms with Crippen LogP contribution in [0.5, 0.6) is 5.75 Å². The molecule has 5 heteroatoms. The number of ether oxygens (including phenoxy) is 1. The second-order valence-electron chi connectivity index (χ2n) is 6.19. The third kappa shape index (κ3) is 2.86. The summed E-state index contributed by atoms with van der Waals surface area (Å²) in [6, 6.07) is 3.53. The molecule has 0 aliphatic heterocycles. The highest BCUT2D eigenvalue weighted by atomic mass is 16.5. The maximum absolute atomic E-state index is 11.8. The van der Waals surface area contributed by atoms with Crippen LogP contribution in [0.15, 0.2) is 26.1 Å². The van der Waals surface area contributed by atoms with E-state index in [1.807, 2.05) is 39.8 Å². The van der Waals surface area contributed by atoms with Gasteiger partial charge >= 0.3 is 0 Å². The summed E-state index contributed by atoms with van der Waals surface area (Å²) in [5.74, 6) is 1.66. The number of furan rings is 1. The highest BCUT2D eigenvalue weighted by molar-refractivity contribution is 5.62. The van der Waals surface area contributed by atoms with Crippen molar-refractivity contribution in [2.75, 3.05) is 11.9 Å². The summed E-state index contributed by atoms with van der Waals surface area (Å²) in [4.78, 5) is 23.3. The number of hydrogen-bond acceptors (Lipinski definition) is 5. The monoisotopic (exact) mass is 291 g/mol. The van der Waals surface area contributed by atoms with Gasteiger partial charge in [-0.2, -0.15) is 0 Å². The zero-order valence-electron chi connectivity index (χ0n) is 13.1. The van der Waals surface area contributed by atoms with Crippen LogP contribution < -0.4 is 20.9 Å². The van der Waals surface area contributed by atoms with Gasteiger partial charge in [0.2, 0.25) is 0 Å². The third-order valence-corrected chi connectivity index (χ3v) is 3.36.